The van der Waals surface area contributed by atoms with Gasteiger partial charge in [-0.05, 0) is 71.9 Å². The maximum atomic E-state index is 14.5. The first-order valence-electron chi connectivity index (χ1n) is 11.8. The molecule has 0 saturated carbocycles. The molecule has 0 aliphatic carbocycles. The van der Waals surface area contributed by atoms with Gasteiger partial charge in [-0.2, -0.15) is 0 Å². The fraction of sp³-hybridized carbons (Fsp3) is 0.194. The molecule has 0 bridgehead atoms. The van der Waals surface area contributed by atoms with E-state index in [1.165, 1.54) is 0 Å². The Hall–Kier alpha value is -2.17. The third kappa shape index (κ3) is 6.58. The number of carbonyl (C=O) groups excluding carboxylic acids is 1. The minimum atomic E-state index is -0.339. The predicted octanol–water partition coefficient (Wildman–Crippen LogP) is 9.36. The average Bonchev–Trinajstić information content (AvgIpc) is 2.91. The van der Waals surface area contributed by atoms with E-state index in [9.17, 15) is 4.79 Å². The van der Waals surface area contributed by atoms with Crippen LogP contribution in [0.4, 0.5) is 0 Å². The van der Waals surface area contributed by atoms with Crippen molar-refractivity contribution in [2.24, 2.45) is 0 Å². The molecular formula is C31H28Cl2OS2. The highest BCUT2D eigenvalue weighted by atomic mass is 35.5. The first-order valence-corrected chi connectivity index (χ1v) is 15.0. The van der Waals surface area contributed by atoms with E-state index in [4.69, 9.17) is 23.2 Å². The molecule has 5 heteroatoms. The molecule has 4 rings (SSSR count). The van der Waals surface area contributed by atoms with Crippen LogP contribution in [0.25, 0.3) is 0 Å². The van der Waals surface area contributed by atoms with Gasteiger partial charge in [0.05, 0.1) is 10.0 Å². The molecular weight excluding hydrogens is 523 g/mol. The second kappa shape index (κ2) is 12.9. The number of thioether (sulfide) groups is 2. The summed E-state index contributed by atoms with van der Waals surface area (Å²) in [6, 6.07) is 32.4. The van der Waals surface area contributed by atoms with Gasteiger partial charge in [0.25, 0.3) is 0 Å². The molecule has 0 aromatic heterocycles. The molecule has 0 amide bonds. The number of benzene rings is 4. The van der Waals surface area contributed by atoms with Crippen LogP contribution < -0.4 is 0 Å². The quantitative estimate of drug-likeness (QED) is 0.183. The molecule has 0 fully saturated rings. The van der Waals surface area contributed by atoms with Gasteiger partial charge in [-0.3, -0.25) is 4.79 Å². The lowest BCUT2D eigenvalue weighted by molar-refractivity contribution is -0.122. The van der Waals surface area contributed by atoms with Crippen LogP contribution in [0.15, 0.2) is 107 Å². The summed E-state index contributed by atoms with van der Waals surface area (Å²) in [4.78, 5) is 16.5. The summed E-state index contributed by atoms with van der Waals surface area (Å²) in [6.07, 6.45) is 5.23. The van der Waals surface area contributed by atoms with Crippen molar-refractivity contribution in [1.82, 2.24) is 0 Å². The topological polar surface area (TPSA) is 17.1 Å². The highest BCUT2D eigenvalue weighted by Crippen LogP contribution is 2.37. The minimum Gasteiger partial charge on any atom is -0.298 e. The number of ketones is 1. The first kappa shape index (κ1) is 26.9. The Kier molecular flexibility index (Phi) is 9.61. The Morgan fingerprint density at radius 1 is 0.639 bits per heavy atom. The van der Waals surface area contributed by atoms with Crippen molar-refractivity contribution in [3.05, 3.63) is 129 Å². The zero-order valence-corrected chi connectivity index (χ0v) is 23.4. The largest absolute Gasteiger partial charge is 0.298 e. The number of hydrogen-bond acceptors (Lipinski definition) is 3. The number of halogens is 2. The summed E-state index contributed by atoms with van der Waals surface area (Å²) in [5, 5.41) is 1.36. The van der Waals surface area contributed by atoms with E-state index < -0.39 is 0 Å². The fourth-order valence-electron chi connectivity index (χ4n) is 4.51. The summed E-state index contributed by atoms with van der Waals surface area (Å²) in [5.74, 6) is -0.509. The molecule has 0 heterocycles. The summed E-state index contributed by atoms with van der Waals surface area (Å²) >= 11 is 16.4. The van der Waals surface area contributed by atoms with Crippen LogP contribution in [0.3, 0.4) is 0 Å². The maximum Gasteiger partial charge on any atom is 0.148 e. The monoisotopic (exact) mass is 550 g/mol. The van der Waals surface area contributed by atoms with Gasteiger partial charge in [0.1, 0.15) is 5.78 Å². The second-order valence-corrected chi connectivity index (χ2v) is 11.2. The van der Waals surface area contributed by atoms with Crippen LogP contribution in [-0.4, -0.2) is 18.3 Å². The van der Waals surface area contributed by atoms with Crippen molar-refractivity contribution in [3.8, 4) is 0 Å². The molecule has 0 spiro atoms. The van der Waals surface area contributed by atoms with Crippen LogP contribution in [0.2, 0.25) is 10.0 Å². The molecule has 2 atom stereocenters. The Balaban J connectivity index is 1.79. The smallest absolute Gasteiger partial charge is 0.148 e. The van der Waals surface area contributed by atoms with Gasteiger partial charge in [-0.15, -0.1) is 23.5 Å². The van der Waals surface area contributed by atoms with Crippen molar-refractivity contribution in [2.45, 2.75) is 34.5 Å². The Morgan fingerprint density at radius 3 is 1.36 bits per heavy atom. The van der Waals surface area contributed by atoms with Crippen molar-refractivity contribution in [3.63, 3.8) is 0 Å². The molecule has 2 unspecified atom stereocenters. The Morgan fingerprint density at radius 2 is 1.03 bits per heavy atom. The van der Waals surface area contributed by atoms with Gasteiger partial charge in [-0.25, -0.2) is 0 Å². The number of Topliss-reactive ketones (excluding diaryl/α,β-unsaturated/α-hetero) is 1. The molecule has 0 radical (unpaired) electrons. The van der Waals surface area contributed by atoms with Crippen molar-refractivity contribution >= 4 is 52.5 Å². The first-order chi connectivity index (χ1) is 17.5. The van der Waals surface area contributed by atoms with Gasteiger partial charge >= 0.3 is 0 Å². The summed E-state index contributed by atoms with van der Waals surface area (Å²) < 4.78 is 0. The molecule has 0 saturated heterocycles. The Labute approximate surface area is 232 Å². The molecule has 0 aliphatic heterocycles. The molecule has 184 valence electrons. The van der Waals surface area contributed by atoms with E-state index in [1.807, 2.05) is 85.3 Å². The van der Waals surface area contributed by atoms with Crippen LogP contribution in [-0.2, 0) is 17.6 Å². The van der Waals surface area contributed by atoms with E-state index in [0.717, 1.165) is 32.0 Å². The van der Waals surface area contributed by atoms with E-state index in [-0.39, 0.29) is 17.6 Å². The van der Waals surface area contributed by atoms with E-state index in [1.54, 1.807) is 23.5 Å². The summed E-state index contributed by atoms with van der Waals surface area (Å²) in [7, 11) is 0. The average molecular weight is 552 g/mol. The SMILES string of the molecule is CSc1ccc(C(Cc2ccccc2)C(=O)C(Cc2ccccc2)c2ccc(SC)c(Cl)c2)cc1Cl. The van der Waals surface area contributed by atoms with Gasteiger partial charge in [0.2, 0.25) is 0 Å². The molecule has 4 aromatic rings. The zero-order chi connectivity index (χ0) is 25.5. The van der Waals surface area contributed by atoms with Crippen LogP contribution >= 0.6 is 46.7 Å². The fourth-order valence-corrected chi connectivity index (χ4v) is 6.26. The standard InChI is InChI=1S/C31H28Cl2OS2/c1-35-29-15-13-23(19-27(29)32)25(17-21-9-5-3-6-10-21)31(34)26(18-22-11-7-4-8-12-22)24-14-16-30(36-2)28(33)20-24/h3-16,19-20,25-26H,17-18H2,1-2H3. The molecule has 0 aliphatic rings. The maximum absolute atomic E-state index is 14.5. The van der Waals surface area contributed by atoms with Crippen molar-refractivity contribution in [2.75, 3.05) is 12.5 Å². The van der Waals surface area contributed by atoms with Gasteiger partial charge in [0, 0.05) is 21.6 Å². The Bertz CT molecular complexity index is 1210. The van der Waals surface area contributed by atoms with Gasteiger partial charge in [-0.1, -0.05) is 96.0 Å². The van der Waals surface area contributed by atoms with Gasteiger partial charge < -0.3 is 0 Å². The normalized spacial score (nSPS) is 12.8. The van der Waals surface area contributed by atoms with Crippen LogP contribution in [0.1, 0.15) is 34.1 Å². The number of carbonyl (C=O) groups is 1. The highest BCUT2D eigenvalue weighted by molar-refractivity contribution is 7.99. The summed E-state index contributed by atoms with van der Waals surface area (Å²) in [5.41, 5.74) is 4.12. The lowest BCUT2D eigenvalue weighted by atomic mass is 9.78. The highest BCUT2D eigenvalue weighted by Gasteiger charge is 2.31. The molecule has 4 aromatic carbocycles. The second-order valence-electron chi connectivity index (χ2n) is 8.67. The van der Waals surface area contributed by atoms with Crippen molar-refractivity contribution < 1.29 is 4.79 Å². The molecule has 0 N–H and O–H groups in total. The van der Waals surface area contributed by atoms with Crippen molar-refractivity contribution in [1.29, 1.82) is 0 Å². The van der Waals surface area contributed by atoms with Crippen LogP contribution in [0, 0.1) is 0 Å². The molecule has 1 nitrogen and oxygen atoms in total. The van der Waals surface area contributed by atoms with Gasteiger partial charge in [0.15, 0.2) is 0 Å². The van der Waals surface area contributed by atoms with E-state index in [0.29, 0.717) is 22.9 Å². The van der Waals surface area contributed by atoms with Crippen LogP contribution in [0.5, 0.6) is 0 Å². The molecule has 36 heavy (non-hydrogen) atoms. The van der Waals surface area contributed by atoms with E-state index >= 15 is 0 Å². The zero-order valence-electron chi connectivity index (χ0n) is 20.3. The predicted molar refractivity (Wildman–Crippen MR) is 157 cm³/mol. The lowest BCUT2D eigenvalue weighted by Crippen LogP contribution is -2.24. The lowest BCUT2D eigenvalue weighted by Gasteiger charge is -2.25. The summed E-state index contributed by atoms with van der Waals surface area (Å²) in [6.45, 7) is 0. The number of hydrogen-bond donors (Lipinski definition) is 0. The minimum absolute atomic E-state index is 0.170. The number of rotatable bonds is 10. The van der Waals surface area contributed by atoms with E-state index in [2.05, 4.69) is 24.3 Å². The third-order valence-corrected chi connectivity index (χ3v) is 8.85. The third-order valence-electron chi connectivity index (χ3n) is 6.41.